The van der Waals surface area contributed by atoms with Crippen LogP contribution < -0.4 is 16.4 Å². The van der Waals surface area contributed by atoms with Gasteiger partial charge in [0, 0.05) is 12.5 Å². The Kier molecular flexibility index (Phi) is 8.80. The number of esters is 1. The Labute approximate surface area is 141 Å². The highest BCUT2D eigenvalue weighted by Gasteiger charge is 2.26. The van der Waals surface area contributed by atoms with E-state index in [2.05, 4.69) is 15.4 Å². The van der Waals surface area contributed by atoms with Crippen molar-refractivity contribution in [1.82, 2.24) is 10.6 Å². The minimum atomic E-state index is -1.15. The lowest BCUT2D eigenvalue weighted by atomic mass is 10.1. The Hall–Kier alpha value is -2.32. The lowest BCUT2D eigenvalue weighted by molar-refractivity contribution is -0.141. The second-order valence-electron chi connectivity index (χ2n) is 6.39. The van der Waals surface area contributed by atoms with Gasteiger partial charge < -0.3 is 25.8 Å². The van der Waals surface area contributed by atoms with E-state index in [0.29, 0.717) is 6.42 Å². The van der Waals surface area contributed by atoms with Gasteiger partial charge in [0.1, 0.15) is 11.6 Å². The van der Waals surface area contributed by atoms with Crippen molar-refractivity contribution in [3.63, 3.8) is 0 Å². The molecule has 0 aliphatic heterocycles. The fraction of sp³-hybridized carbons (Fsp3) is 0.733. The van der Waals surface area contributed by atoms with Crippen molar-refractivity contribution < 1.29 is 28.7 Å². The van der Waals surface area contributed by atoms with Gasteiger partial charge in [-0.25, -0.2) is 4.79 Å². The summed E-state index contributed by atoms with van der Waals surface area (Å²) in [5.74, 6) is -1.72. The molecule has 0 heterocycles. The number of carbonyl (C=O) groups is 4. The van der Waals surface area contributed by atoms with E-state index in [0.717, 1.165) is 0 Å². The normalized spacial score (nSPS) is 13.4. The fourth-order valence-electron chi connectivity index (χ4n) is 1.71. The van der Waals surface area contributed by atoms with Gasteiger partial charge in [-0.2, -0.15) is 0 Å². The Bertz CT molecular complexity index is 472. The molecule has 0 bridgehead atoms. The predicted octanol–water partition coefficient (Wildman–Crippen LogP) is 0.213. The number of nitrogens with one attached hydrogen (secondary N) is 2. The van der Waals surface area contributed by atoms with Crippen molar-refractivity contribution in [2.24, 2.45) is 5.73 Å². The van der Waals surface area contributed by atoms with Gasteiger partial charge in [0.05, 0.1) is 13.5 Å². The Morgan fingerprint density at radius 1 is 1.12 bits per heavy atom. The number of ether oxygens (including phenoxy) is 2. The minimum Gasteiger partial charge on any atom is -0.469 e. The highest BCUT2D eigenvalue weighted by atomic mass is 16.6. The van der Waals surface area contributed by atoms with E-state index in [-0.39, 0.29) is 18.9 Å². The number of primary amides is 1. The summed E-state index contributed by atoms with van der Waals surface area (Å²) >= 11 is 0. The molecule has 0 aromatic carbocycles. The Balaban J connectivity index is 4.68. The van der Waals surface area contributed by atoms with Crippen molar-refractivity contribution in [3.8, 4) is 0 Å². The second kappa shape index (κ2) is 9.74. The van der Waals surface area contributed by atoms with Gasteiger partial charge >= 0.3 is 12.1 Å². The number of methoxy groups -OCH3 is 1. The molecule has 0 aromatic rings. The molecule has 9 heteroatoms. The van der Waals surface area contributed by atoms with Crippen LogP contribution in [0.25, 0.3) is 0 Å². The molecule has 9 nitrogen and oxygen atoms in total. The highest BCUT2D eigenvalue weighted by Crippen LogP contribution is 2.07. The summed E-state index contributed by atoms with van der Waals surface area (Å²) in [6.45, 7) is 6.70. The number of carbonyl (C=O) groups excluding carboxylic acids is 4. The molecule has 0 spiro atoms. The quantitative estimate of drug-likeness (QED) is 0.538. The van der Waals surface area contributed by atoms with E-state index in [1.807, 2.05) is 0 Å². The van der Waals surface area contributed by atoms with Crippen molar-refractivity contribution in [1.29, 1.82) is 0 Å². The van der Waals surface area contributed by atoms with Crippen LogP contribution >= 0.6 is 0 Å². The van der Waals surface area contributed by atoms with Crippen LogP contribution in [0.4, 0.5) is 4.79 Å². The van der Waals surface area contributed by atoms with Crippen LogP contribution in [0, 0.1) is 0 Å². The van der Waals surface area contributed by atoms with Crippen molar-refractivity contribution in [2.45, 2.75) is 64.6 Å². The monoisotopic (exact) mass is 345 g/mol. The smallest absolute Gasteiger partial charge is 0.408 e. The standard InChI is InChI=1S/C15H27N3O6/c1-9(6-7-12(20)23-5)17-13(21)10(8-11(16)19)18-14(22)24-15(2,3)4/h9-10H,6-8H2,1-5H3,(H2,16,19)(H,17,21)(H,18,22). The van der Waals surface area contributed by atoms with Crippen LogP contribution in [0.3, 0.4) is 0 Å². The van der Waals surface area contributed by atoms with E-state index in [1.54, 1.807) is 27.7 Å². The zero-order chi connectivity index (χ0) is 18.9. The van der Waals surface area contributed by atoms with Gasteiger partial charge in [-0.05, 0) is 34.1 Å². The molecule has 0 saturated heterocycles. The maximum absolute atomic E-state index is 12.2. The number of nitrogens with two attached hydrogens (primary N) is 1. The largest absolute Gasteiger partial charge is 0.469 e. The molecule has 24 heavy (non-hydrogen) atoms. The number of amides is 3. The minimum absolute atomic E-state index is 0.137. The highest BCUT2D eigenvalue weighted by molar-refractivity contribution is 5.90. The third kappa shape index (κ3) is 10.4. The maximum Gasteiger partial charge on any atom is 0.408 e. The molecule has 0 radical (unpaired) electrons. The second-order valence-corrected chi connectivity index (χ2v) is 6.39. The molecule has 0 fully saturated rings. The predicted molar refractivity (Wildman–Crippen MR) is 85.8 cm³/mol. The average molecular weight is 345 g/mol. The average Bonchev–Trinajstić information content (AvgIpc) is 2.41. The molecule has 2 atom stereocenters. The SMILES string of the molecule is COC(=O)CCC(C)NC(=O)C(CC(N)=O)NC(=O)OC(C)(C)C. The number of hydrogen-bond acceptors (Lipinski definition) is 6. The molecular weight excluding hydrogens is 318 g/mol. The topological polar surface area (TPSA) is 137 Å². The van der Waals surface area contributed by atoms with Gasteiger partial charge in [-0.15, -0.1) is 0 Å². The van der Waals surface area contributed by atoms with E-state index in [4.69, 9.17) is 10.5 Å². The van der Waals surface area contributed by atoms with E-state index < -0.39 is 35.5 Å². The zero-order valence-electron chi connectivity index (χ0n) is 14.8. The molecule has 0 aromatic heterocycles. The molecule has 0 aliphatic carbocycles. The number of alkyl carbamates (subject to hydrolysis) is 1. The maximum atomic E-state index is 12.2. The molecular formula is C15H27N3O6. The van der Waals surface area contributed by atoms with E-state index in [1.165, 1.54) is 7.11 Å². The first kappa shape index (κ1) is 21.7. The van der Waals surface area contributed by atoms with Crippen LogP contribution in [-0.4, -0.2) is 48.7 Å². The van der Waals surface area contributed by atoms with E-state index in [9.17, 15) is 19.2 Å². The molecule has 138 valence electrons. The van der Waals surface area contributed by atoms with Crippen LogP contribution in [0.15, 0.2) is 0 Å². The molecule has 4 N–H and O–H groups in total. The first-order chi connectivity index (χ1) is 10.9. The van der Waals surface area contributed by atoms with Gasteiger partial charge in [0.25, 0.3) is 0 Å². The lowest BCUT2D eigenvalue weighted by Gasteiger charge is -2.24. The van der Waals surface area contributed by atoms with Gasteiger partial charge in [-0.1, -0.05) is 0 Å². The van der Waals surface area contributed by atoms with E-state index >= 15 is 0 Å². The number of rotatable bonds is 8. The van der Waals surface area contributed by atoms with Gasteiger partial charge in [0.2, 0.25) is 11.8 Å². The Morgan fingerprint density at radius 3 is 2.17 bits per heavy atom. The third-order valence-corrected chi connectivity index (χ3v) is 2.81. The van der Waals surface area contributed by atoms with Crippen LogP contribution in [-0.2, 0) is 23.9 Å². The van der Waals surface area contributed by atoms with Crippen molar-refractivity contribution in [2.75, 3.05) is 7.11 Å². The van der Waals surface area contributed by atoms with Crippen molar-refractivity contribution >= 4 is 23.9 Å². The molecule has 2 unspecified atom stereocenters. The molecule has 0 saturated carbocycles. The van der Waals surface area contributed by atoms with Crippen LogP contribution in [0.5, 0.6) is 0 Å². The third-order valence-electron chi connectivity index (χ3n) is 2.81. The summed E-state index contributed by atoms with van der Waals surface area (Å²) in [5.41, 5.74) is 4.36. The zero-order valence-corrected chi connectivity index (χ0v) is 14.8. The summed E-state index contributed by atoms with van der Waals surface area (Å²) in [4.78, 5) is 46.2. The molecule has 0 rings (SSSR count). The van der Waals surface area contributed by atoms with Gasteiger partial charge in [0.15, 0.2) is 0 Å². The first-order valence-corrected chi connectivity index (χ1v) is 7.59. The summed E-state index contributed by atoms with van der Waals surface area (Å²) in [6, 6.07) is -1.51. The van der Waals surface area contributed by atoms with Gasteiger partial charge in [-0.3, -0.25) is 14.4 Å². The molecule has 0 aliphatic rings. The van der Waals surface area contributed by atoms with Crippen molar-refractivity contribution in [3.05, 3.63) is 0 Å². The van der Waals surface area contributed by atoms with Crippen LogP contribution in [0.1, 0.15) is 47.0 Å². The summed E-state index contributed by atoms with van der Waals surface area (Å²) in [5, 5.41) is 4.93. The summed E-state index contributed by atoms with van der Waals surface area (Å²) < 4.78 is 9.57. The fourth-order valence-corrected chi connectivity index (χ4v) is 1.71. The summed E-state index contributed by atoms with van der Waals surface area (Å²) in [7, 11) is 1.28. The summed E-state index contributed by atoms with van der Waals surface area (Å²) in [6.07, 6.45) is -0.702. The Morgan fingerprint density at radius 2 is 1.71 bits per heavy atom. The van der Waals surface area contributed by atoms with Crippen LogP contribution in [0.2, 0.25) is 0 Å². The first-order valence-electron chi connectivity index (χ1n) is 7.59. The number of hydrogen-bond donors (Lipinski definition) is 3. The molecule has 3 amide bonds. The lowest BCUT2D eigenvalue weighted by Crippen LogP contribution is -2.51.